The van der Waals surface area contributed by atoms with E-state index in [2.05, 4.69) is 0 Å². The van der Waals surface area contributed by atoms with Crippen molar-refractivity contribution in [3.05, 3.63) is 123 Å². The van der Waals surface area contributed by atoms with Crippen LogP contribution in [-0.2, 0) is 14.8 Å². The molecule has 0 spiro atoms. The molecule has 0 saturated carbocycles. The molecule has 7 nitrogen and oxygen atoms in total. The second-order valence-corrected chi connectivity index (χ2v) is 11.1. The SMILES string of the molecule is Cc1ccc(S(=O)(=O)N2C3=C(C(=O)CCC3)[C@@H](c3ccccc3)[C@H]([N+](=O)[O-])[C@H]2c2ccccc2)cc1. The van der Waals surface area contributed by atoms with Crippen LogP contribution in [0.2, 0.25) is 0 Å². The Kier molecular flexibility index (Phi) is 6.22. The molecule has 184 valence electrons. The first-order valence-electron chi connectivity index (χ1n) is 11.9. The zero-order valence-electron chi connectivity index (χ0n) is 19.8. The Hall–Kier alpha value is -3.78. The Morgan fingerprint density at radius 1 is 0.861 bits per heavy atom. The van der Waals surface area contributed by atoms with Crippen LogP contribution in [0.1, 0.15) is 47.9 Å². The number of carbonyl (C=O) groups is 1. The predicted molar refractivity (Wildman–Crippen MR) is 135 cm³/mol. The van der Waals surface area contributed by atoms with Gasteiger partial charge in [-0.25, -0.2) is 8.42 Å². The van der Waals surface area contributed by atoms with Crippen molar-refractivity contribution in [2.75, 3.05) is 0 Å². The maximum atomic E-state index is 14.2. The normalized spacial score (nSPS) is 22.3. The van der Waals surface area contributed by atoms with Crippen molar-refractivity contribution in [3.8, 4) is 0 Å². The van der Waals surface area contributed by atoms with Gasteiger partial charge < -0.3 is 0 Å². The minimum atomic E-state index is -4.22. The fourth-order valence-corrected chi connectivity index (χ4v) is 7.18. The summed E-state index contributed by atoms with van der Waals surface area (Å²) in [5, 5.41) is 12.8. The number of ketones is 1. The quantitative estimate of drug-likeness (QED) is 0.354. The van der Waals surface area contributed by atoms with Crippen molar-refractivity contribution in [3.63, 3.8) is 0 Å². The molecular formula is C28H26N2O5S. The highest BCUT2D eigenvalue weighted by Crippen LogP contribution is 2.51. The molecule has 0 radical (unpaired) electrons. The second-order valence-electron chi connectivity index (χ2n) is 9.27. The van der Waals surface area contributed by atoms with Gasteiger partial charge >= 0.3 is 0 Å². The fourth-order valence-electron chi connectivity index (χ4n) is 5.45. The lowest BCUT2D eigenvalue weighted by molar-refractivity contribution is -0.534. The summed E-state index contributed by atoms with van der Waals surface area (Å²) in [6, 6.07) is 21.6. The van der Waals surface area contributed by atoms with Crippen LogP contribution in [0.5, 0.6) is 0 Å². The van der Waals surface area contributed by atoms with Gasteiger partial charge in [0.15, 0.2) is 5.78 Å². The number of benzene rings is 3. The lowest BCUT2D eigenvalue weighted by Gasteiger charge is -2.45. The van der Waals surface area contributed by atoms with Gasteiger partial charge in [-0.1, -0.05) is 78.4 Å². The molecule has 0 aromatic heterocycles. The number of allylic oxidation sites excluding steroid dienone is 1. The highest BCUT2D eigenvalue weighted by atomic mass is 32.2. The topological polar surface area (TPSA) is 97.6 Å². The summed E-state index contributed by atoms with van der Waals surface area (Å²) in [5.41, 5.74) is 2.66. The summed E-state index contributed by atoms with van der Waals surface area (Å²) >= 11 is 0. The zero-order chi connectivity index (χ0) is 25.4. The molecule has 3 aromatic carbocycles. The number of hydrogen-bond acceptors (Lipinski definition) is 5. The number of sulfonamides is 1. The van der Waals surface area contributed by atoms with Gasteiger partial charge in [0, 0.05) is 22.6 Å². The van der Waals surface area contributed by atoms with E-state index in [-0.39, 0.29) is 22.7 Å². The summed E-state index contributed by atoms with van der Waals surface area (Å²) in [6.07, 6.45) is 1.08. The first-order chi connectivity index (χ1) is 17.3. The molecule has 0 bridgehead atoms. The molecule has 0 amide bonds. The van der Waals surface area contributed by atoms with Crippen LogP contribution in [0.3, 0.4) is 0 Å². The number of rotatable bonds is 5. The van der Waals surface area contributed by atoms with Gasteiger partial charge in [0.1, 0.15) is 6.04 Å². The van der Waals surface area contributed by atoms with Gasteiger partial charge in [-0.05, 0) is 43.0 Å². The molecule has 0 N–H and O–H groups in total. The van der Waals surface area contributed by atoms with Gasteiger partial charge in [-0.3, -0.25) is 19.2 Å². The Balaban J connectivity index is 1.85. The number of hydrogen-bond donors (Lipinski definition) is 0. The predicted octanol–water partition coefficient (Wildman–Crippen LogP) is 5.18. The minimum absolute atomic E-state index is 0.0409. The van der Waals surface area contributed by atoms with E-state index in [1.807, 2.05) is 13.0 Å². The molecule has 8 heteroatoms. The number of carbonyl (C=O) groups excluding carboxylic acids is 1. The third kappa shape index (κ3) is 4.01. The van der Waals surface area contributed by atoms with E-state index in [0.29, 0.717) is 29.7 Å². The first-order valence-corrected chi connectivity index (χ1v) is 13.4. The molecule has 2 aliphatic rings. The largest absolute Gasteiger partial charge is 0.294 e. The highest BCUT2D eigenvalue weighted by molar-refractivity contribution is 7.89. The maximum Gasteiger partial charge on any atom is 0.264 e. The molecule has 1 heterocycles. The molecular weight excluding hydrogens is 476 g/mol. The Morgan fingerprint density at radius 3 is 2.03 bits per heavy atom. The number of nitro groups is 1. The zero-order valence-corrected chi connectivity index (χ0v) is 20.6. The van der Waals surface area contributed by atoms with E-state index in [0.717, 1.165) is 5.56 Å². The highest BCUT2D eigenvalue weighted by Gasteiger charge is 2.56. The van der Waals surface area contributed by atoms with Gasteiger partial charge in [-0.15, -0.1) is 0 Å². The summed E-state index contributed by atoms with van der Waals surface area (Å²) in [4.78, 5) is 25.8. The van der Waals surface area contributed by atoms with Gasteiger partial charge in [0.2, 0.25) is 6.04 Å². The van der Waals surface area contributed by atoms with Crippen LogP contribution in [0.15, 0.2) is 101 Å². The molecule has 0 unspecified atom stereocenters. The molecule has 1 aliphatic heterocycles. The van der Waals surface area contributed by atoms with Gasteiger partial charge in [0.05, 0.1) is 10.8 Å². The average molecular weight is 503 g/mol. The smallest absolute Gasteiger partial charge is 0.264 e. The van der Waals surface area contributed by atoms with Crippen molar-refractivity contribution in [2.24, 2.45) is 0 Å². The van der Waals surface area contributed by atoms with E-state index >= 15 is 0 Å². The number of Topliss-reactive ketones (excluding diaryl/α,β-unsaturated/α-hetero) is 1. The maximum absolute atomic E-state index is 14.2. The van der Waals surface area contributed by atoms with Gasteiger partial charge in [0.25, 0.3) is 10.0 Å². The summed E-state index contributed by atoms with van der Waals surface area (Å²) in [6.45, 7) is 1.86. The van der Waals surface area contributed by atoms with Crippen LogP contribution >= 0.6 is 0 Å². The van der Waals surface area contributed by atoms with E-state index < -0.39 is 32.9 Å². The van der Waals surface area contributed by atoms with Crippen molar-refractivity contribution in [1.82, 2.24) is 4.31 Å². The van der Waals surface area contributed by atoms with E-state index in [4.69, 9.17) is 0 Å². The van der Waals surface area contributed by atoms with Gasteiger partial charge in [-0.2, -0.15) is 0 Å². The molecule has 36 heavy (non-hydrogen) atoms. The molecule has 0 fully saturated rings. The first kappa shape index (κ1) is 23.9. The number of nitrogens with zero attached hydrogens (tertiary/aromatic N) is 2. The van der Waals surface area contributed by atoms with Crippen LogP contribution < -0.4 is 0 Å². The lowest BCUT2D eigenvalue weighted by atomic mass is 9.72. The molecule has 1 aliphatic carbocycles. The van der Waals surface area contributed by atoms with Crippen molar-refractivity contribution < 1.29 is 18.1 Å². The lowest BCUT2D eigenvalue weighted by Crippen LogP contribution is -2.52. The fraction of sp³-hybridized carbons (Fsp3) is 0.250. The van der Waals surface area contributed by atoms with E-state index in [1.165, 1.54) is 16.4 Å². The summed E-state index contributed by atoms with van der Waals surface area (Å²) < 4.78 is 29.6. The Labute approximate surface area is 210 Å². The third-order valence-corrected chi connectivity index (χ3v) is 8.88. The standard InChI is InChI=1S/C28H26N2O5S/c1-19-15-17-22(18-16-19)36(34,35)29-23-13-8-14-24(31)26(23)25(20-9-4-2-5-10-20)28(30(32)33)27(29)21-11-6-3-7-12-21/h2-7,9-12,15-18,25,27-28H,8,13-14H2,1H3/t25-,27-,28+/m1/s1. The van der Waals surface area contributed by atoms with Crippen LogP contribution in [-0.4, -0.2) is 29.5 Å². The van der Waals surface area contributed by atoms with Crippen molar-refractivity contribution in [1.29, 1.82) is 0 Å². The number of aryl methyl sites for hydroxylation is 1. The Bertz CT molecular complexity index is 1430. The van der Waals surface area contributed by atoms with Crippen LogP contribution in [0.4, 0.5) is 0 Å². The van der Waals surface area contributed by atoms with Crippen LogP contribution in [0, 0.1) is 17.0 Å². The summed E-state index contributed by atoms with van der Waals surface area (Å²) in [7, 11) is -4.22. The monoisotopic (exact) mass is 502 g/mol. The van der Waals surface area contributed by atoms with E-state index in [9.17, 15) is 23.3 Å². The average Bonchev–Trinajstić information content (AvgIpc) is 2.88. The van der Waals surface area contributed by atoms with Crippen LogP contribution in [0.25, 0.3) is 0 Å². The third-order valence-electron chi connectivity index (χ3n) is 7.04. The second kappa shape index (κ2) is 9.35. The van der Waals surface area contributed by atoms with E-state index in [1.54, 1.807) is 66.7 Å². The van der Waals surface area contributed by atoms with Crippen molar-refractivity contribution in [2.45, 2.75) is 49.1 Å². The van der Waals surface area contributed by atoms with Crippen molar-refractivity contribution >= 4 is 15.8 Å². The molecule has 3 atom stereocenters. The minimum Gasteiger partial charge on any atom is -0.294 e. The Morgan fingerprint density at radius 2 is 1.44 bits per heavy atom. The summed E-state index contributed by atoms with van der Waals surface area (Å²) in [5.74, 6) is -1.09. The molecule has 5 rings (SSSR count). The molecule has 0 saturated heterocycles. The molecule has 3 aromatic rings.